The van der Waals surface area contributed by atoms with Crippen molar-refractivity contribution in [1.29, 1.82) is 0 Å². The summed E-state index contributed by atoms with van der Waals surface area (Å²) in [5, 5.41) is 1.31. The predicted octanol–water partition coefficient (Wildman–Crippen LogP) is 6.55. The monoisotopic (exact) mass is 379 g/mol. The van der Waals surface area contributed by atoms with Crippen molar-refractivity contribution >= 4 is 23.2 Å². The summed E-state index contributed by atoms with van der Waals surface area (Å²) >= 11 is 12.6. The molecule has 0 aliphatic heterocycles. The average molecular weight is 380 g/mol. The van der Waals surface area contributed by atoms with Crippen LogP contribution in [0.4, 0.5) is 0 Å². The zero-order valence-corrected chi connectivity index (χ0v) is 16.6. The van der Waals surface area contributed by atoms with Crippen LogP contribution in [0.1, 0.15) is 32.6 Å². The Kier molecular flexibility index (Phi) is 8.60. The molecule has 4 heteroatoms. The van der Waals surface area contributed by atoms with Crippen molar-refractivity contribution < 1.29 is 4.74 Å². The van der Waals surface area contributed by atoms with Gasteiger partial charge in [0, 0.05) is 15.6 Å². The summed E-state index contributed by atoms with van der Waals surface area (Å²) in [6.07, 6.45) is 4.79. The Morgan fingerprint density at radius 3 is 2.32 bits per heavy atom. The fourth-order valence-electron chi connectivity index (χ4n) is 2.70. The summed E-state index contributed by atoms with van der Waals surface area (Å²) < 4.78 is 5.90. The molecule has 0 aliphatic carbocycles. The second-order valence-corrected chi connectivity index (χ2v) is 7.10. The van der Waals surface area contributed by atoms with E-state index in [2.05, 4.69) is 18.9 Å². The standard InChI is InChI=1S/C21H27Cl2NO/c1-3-24(2)14-6-4-5-7-15-25-18-11-8-10-17(16-18)21-19(22)12-9-13-20(21)23/h8-13,16H,3-7,14-15H2,1-2H3. The van der Waals surface area contributed by atoms with E-state index in [4.69, 9.17) is 27.9 Å². The highest BCUT2D eigenvalue weighted by Gasteiger charge is 2.09. The van der Waals surface area contributed by atoms with Crippen LogP contribution in [-0.2, 0) is 0 Å². The molecule has 0 unspecified atom stereocenters. The van der Waals surface area contributed by atoms with Gasteiger partial charge in [-0.3, -0.25) is 0 Å². The van der Waals surface area contributed by atoms with Crippen LogP contribution < -0.4 is 4.74 Å². The van der Waals surface area contributed by atoms with Crippen molar-refractivity contribution in [2.75, 3.05) is 26.7 Å². The molecule has 0 fully saturated rings. The van der Waals surface area contributed by atoms with Crippen LogP contribution in [-0.4, -0.2) is 31.6 Å². The SMILES string of the molecule is CCN(C)CCCCCCOc1cccc(-c2c(Cl)cccc2Cl)c1. The number of nitrogens with zero attached hydrogens (tertiary/aromatic N) is 1. The van der Waals surface area contributed by atoms with Crippen LogP contribution in [0.2, 0.25) is 10.0 Å². The van der Waals surface area contributed by atoms with Crippen LogP contribution in [0, 0.1) is 0 Å². The Labute approximate surface area is 161 Å². The Bertz CT molecular complexity index is 640. The van der Waals surface area contributed by atoms with Crippen molar-refractivity contribution in [3.05, 3.63) is 52.5 Å². The molecule has 0 aromatic heterocycles. The number of hydrogen-bond donors (Lipinski definition) is 0. The van der Waals surface area contributed by atoms with E-state index in [1.807, 2.05) is 42.5 Å². The third kappa shape index (κ3) is 6.54. The topological polar surface area (TPSA) is 12.5 Å². The van der Waals surface area contributed by atoms with Crippen LogP contribution in [0.5, 0.6) is 5.75 Å². The Hall–Kier alpha value is -1.22. The van der Waals surface area contributed by atoms with Gasteiger partial charge in [-0.1, -0.05) is 61.2 Å². The summed E-state index contributed by atoms with van der Waals surface area (Å²) in [5.41, 5.74) is 1.84. The summed E-state index contributed by atoms with van der Waals surface area (Å²) in [6.45, 7) is 5.23. The zero-order chi connectivity index (χ0) is 18.1. The normalized spacial score (nSPS) is 11.1. The van der Waals surface area contributed by atoms with Crippen molar-refractivity contribution in [2.45, 2.75) is 32.6 Å². The highest BCUT2D eigenvalue weighted by Crippen LogP contribution is 2.35. The third-order valence-electron chi connectivity index (χ3n) is 4.33. The van der Waals surface area contributed by atoms with Gasteiger partial charge in [0.15, 0.2) is 0 Å². The number of hydrogen-bond acceptors (Lipinski definition) is 2. The lowest BCUT2D eigenvalue weighted by Gasteiger charge is -2.13. The van der Waals surface area contributed by atoms with Crippen LogP contribution in [0.3, 0.4) is 0 Å². The number of ether oxygens (including phenoxy) is 1. The van der Waals surface area contributed by atoms with E-state index >= 15 is 0 Å². The molecular weight excluding hydrogens is 353 g/mol. The molecule has 2 aromatic carbocycles. The minimum Gasteiger partial charge on any atom is -0.494 e. The first-order valence-corrected chi connectivity index (χ1v) is 9.73. The largest absolute Gasteiger partial charge is 0.494 e. The van der Waals surface area contributed by atoms with Crippen molar-refractivity contribution in [3.63, 3.8) is 0 Å². The maximum Gasteiger partial charge on any atom is 0.119 e. The molecule has 136 valence electrons. The van der Waals surface area contributed by atoms with Gasteiger partial charge in [-0.2, -0.15) is 0 Å². The van der Waals surface area contributed by atoms with Gasteiger partial charge in [-0.05, 0) is 62.8 Å². The molecule has 0 aliphatic rings. The molecule has 0 spiro atoms. The molecular formula is C21H27Cl2NO. The molecule has 0 bridgehead atoms. The smallest absolute Gasteiger partial charge is 0.119 e. The quantitative estimate of drug-likeness (QED) is 0.433. The lowest BCUT2D eigenvalue weighted by molar-refractivity contribution is 0.299. The average Bonchev–Trinajstić information content (AvgIpc) is 2.61. The highest BCUT2D eigenvalue weighted by molar-refractivity contribution is 6.39. The predicted molar refractivity (Wildman–Crippen MR) is 109 cm³/mol. The van der Waals surface area contributed by atoms with Crippen molar-refractivity contribution in [3.8, 4) is 16.9 Å². The number of unbranched alkanes of at least 4 members (excludes halogenated alkanes) is 3. The minimum atomic E-state index is 0.654. The summed E-state index contributed by atoms with van der Waals surface area (Å²) in [4.78, 5) is 2.35. The Morgan fingerprint density at radius 1 is 0.920 bits per heavy atom. The van der Waals surface area contributed by atoms with Crippen LogP contribution in [0.25, 0.3) is 11.1 Å². The Morgan fingerprint density at radius 2 is 1.60 bits per heavy atom. The molecule has 25 heavy (non-hydrogen) atoms. The molecule has 0 amide bonds. The third-order valence-corrected chi connectivity index (χ3v) is 4.96. The second kappa shape index (κ2) is 10.7. The van der Waals surface area contributed by atoms with Crippen LogP contribution >= 0.6 is 23.2 Å². The molecule has 2 aromatic rings. The summed E-state index contributed by atoms with van der Waals surface area (Å²) in [7, 11) is 2.17. The summed E-state index contributed by atoms with van der Waals surface area (Å²) in [6, 6.07) is 13.5. The van der Waals surface area contributed by atoms with Gasteiger partial charge in [0.2, 0.25) is 0 Å². The maximum absolute atomic E-state index is 6.30. The van der Waals surface area contributed by atoms with Gasteiger partial charge in [0.05, 0.1) is 6.61 Å². The summed E-state index contributed by atoms with van der Waals surface area (Å²) in [5.74, 6) is 0.860. The Balaban J connectivity index is 1.80. The van der Waals surface area contributed by atoms with E-state index in [0.29, 0.717) is 10.0 Å². The van der Waals surface area contributed by atoms with Gasteiger partial charge >= 0.3 is 0 Å². The van der Waals surface area contributed by atoms with E-state index < -0.39 is 0 Å². The fourth-order valence-corrected chi connectivity index (χ4v) is 3.32. The van der Waals surface area contributed by atoms with E-state index in [1.165, 1.54) is 25.8 Å². The molecule has 0 saturated heterocycles. The molecule has 2 nitrogen and oxygen atoms in total. The lowest BCUT2D eigenvalue weighted by Crippen LogP contribution is -2.18. The van der Waals surface area contributed by atoms with Gasteiger partial charge in [-0.25, -0.2) is 0 Å². The molecule has 0 saturated carbocycles. The molecule has 0 atom stereocenters. The minimum absolute atomic E-state index is 0.654. The van der Waals surface area contributed by atoms with Gasteiger partial charge in [0.1, 0.15) is 5.75 Å². The molecule has 0 heterocycles. The van der Waals surface area contributed by atoms with Crippen LogP contribution in [0.15, 0.2) is 42.5 Å². The lowest BCUT2D eigenvalue weighted by atomic mass is 10.1. The van der Waals surface area contributed by atoms with Gasteiger partial charge in [0.25, 0.3) is 0 Å². The van der Waals surface area contributed by atoms with E-state index in [0.717, 1.165) is 36.4 Å². The number of halogens is 2. The first-order chi connectivity index (χ1) is 12.1. The highest BCUT2D eigenvalue weighted by atomic mass is 35.5. The second-order valence-electron chi connectivity index (χ2n) is 6.28. The van der Waals surface area contributed by atoms with E-state index in [1.54, 1.807) is 0 Å². The number of benzene rings is 2. The van der Waals surface area contributed by atoms with E-state index in [-0.39, 0.29) is 0 Å². The molecule has 2 rings (SSSR count). The fraction of sp³-hybridized carbons (Fsp3) is 0.429. The number of rotatable bonds is 10. The van der Waals surface area contributed by atoms with Gasteiger partial charge in [-0.15, -0.1) is 0 Å². The van der Waals surface area contributed by atoms with Crippen molar-refractivity contribution in [1.82, 2.24) is 4.90 Å². The zero-order valence-electron chi connectivity index (χ0n) is 15.1. The maximum atomic E-state index is 6.30. The molecule has 0 N–H and O–H groups in total. The van der Waals surface area contributed by atoms with Crippen molar-refractivity contribution in [2.24, 2.45) is 0 Å². The van der Waals surface area contributed by atoms with E-state index in [9.17, 15) is 0 Å². The first kappa shape index (κ1) is 20.1. The van der Waals surface area contributed by atoms with Gasteiger partial charge < -0.3 is 9.64 Å². The molecule has 0 radical (unpaired) electrons. The first-order valence-electron chi connectivity index (χ1n) is 8.97.